The van der Waals surface area contributed by atoms with Gasteiger partial charge in [-0.1, -0.05) is 28.1 Å². The second kappa shape index (κ2) is 6.86. The maximum atomic E-state index is 13.3. The van der Waals surface area contributed by atoms with Crippen molar-refractivity contribution in [1.82, 2.24) is 0 Å². The number of aliphatic hydroxyl groups excluding tert-OH is 1. The van der Waals surface area contributed by atoms with E-state index in [9.17, 15) is 9.50 Å². The molecule has 2 rings (SSSR count). The first kappa shape index (κ1) is 15.0. The molecule has 0 aliphatic heterocycles. The summed E-state index contributed by atoms with van der Waals surface area (Å²) in [6.07, 6.45) is -0.338. The largest absolute Gasteiger partial charge is 0.494 e. The van der Waals surface area contributed by atoms with Crippen LogP contribution in [-0.4, -0.2) is 11.7 Å². The molecule has 2 aromatic carbocycles. The second-order valence-electron chi connectivity index (χ2n) is 4.50. The molecule has 20 heavy (non-hydrogen) atoms. The maximum Gasteiger partial charge on any atom is 0.124 e. The van der Waals surface area contributed by atoms with Crippen LogP contribution in [-0.2, 0) is 6.42 Å². The fourth-order valence-corrected chi connectivity index (χ4v) is 2.56. The number of ether oxygens (including phenoxy) is 1. The Morgan fingerprint density at radius 3 is 2.75 bits per heavy atom. The minimum atomic E-state index is -0.691. The summed E-state index contributed by atoms with van der Waals surface area (Å²) in [6.45, 7) is 2.49. The van der Waals surface area contributed by atoms with Crippen molar-refractivity contribution < 1.29 is 14.2 Å². The molecule has 0 aliphatic carbocycles. The van der Waals surface area contributed by atoms with Crippen LogP contribution < -0.4 is 4.74 Å². The minimum absolute atomic E-state index is 0.315. The first-order valence-electron chi connectivity index (χ1n) is 6.44. The Bertz CT molecular complexity index is 566. The molecule has 0 fully saturated rings. The summed E-state index contributed by atoms with van der Waals surface area (Å²) in [4.78, 5) is 0. The van der Waals surface area contributed by atoms with E-state index >= 15 is 0 Å². The summed E-state index contributed by atoms with van der Waals surface area (Å²) in [5.41, 5.74) is 1.50. The van der Waals surface area contributed by atoms with E-state index in [-0.39, 0.29) is 5.82 Å². The standard InChI is InChI=1S/C16H16BrFO2/c1-2-20-15-5-3-4-12(9-15)16(19)8-11-6-13(17)10-14(18)7-11/h3-7,9-10,16,19H,2,8H2,1H3. The first-order chi connectivity index (χ1) is 9.58. The monoisotopic (exact) mass is 338 g/mol. The molecule has 2 nitrogen and oxygen atoms in total. The van der Waals surface area contributed by atoms with Gasteiger partial charge in [-0.05, 0) is 48.4 Å². The molecule has 4 heteroatoms. The molecule has 2 aromatic rings. The van der Waals surface area contributed by atoms with E-state index in [1.165, 1.54) is 12.1 Å². The van der Waals surface area contributed by atoms with Gasteiger partial charge in [-0.15, -0.1) is 0 Å². The molecule has 0 saturated heterocycles. The van der Waals surface area contributed by atoms with Crippen LogP contribution in [0.5, 0.6) is 5.75 Å². The third-order valence-corrected chi connectivity index (χ3v) is 3.36. The van der Waals surface area contributed by atoms with Crippen molar-refractivity contribution in [2.45, 2.75) is 19.4 Å². The Balaban J connectivity index is 2.14. The molecule has 1 unspecified atom stereocenters. The van der Waals surface area contributed by atoms with Crippen molar-refractivity contribution in [1.29, 1.82) is 0 Å². The topological polar surface area (TPSA) is 29.5 Å². The predicted octanol–water partition coefficient (Wildman–Crippen LogP) is 4.26. The van der Waals surface area contributed by atoms with E-state index < -0.39 is 6.10 Å². The van der Waals surface area contributed by atoms with E-state index in [1.807, 2.05) is 31.2 Å². The van der Waals surface area contributed by atoms with Gasteiger partial charge in [0.25, 0.3) is 0 Å². The molecule has 0 bridgehead atoms. The van der Waals surface area contributed by atoms with Gasteiger partial charge in [0, 0.05) is 10.9 Å². The van der Waals surface area contributed by atoms with Crippen LogP contribution in [0.4, 0.5) is 4.39 Å². The highest BCUT2D eigenvalue weighted by atomic mass is 79.9. The summed E-state index contributed by atoms with van der Waals surface area (Å²) in [5.74, 6) is 0.411. The molecule has 0 aromatic heterocycles. The SMILES string of the molecule is CCOc1cccc(C(O)Cc2cc(F)cc(Br)c2)c1. The van der Waals surface area contributed by atoms with Crippen LogP contribution in [0.25, 0.3) is 0 Å². The maximum absolute atomic E-state index is 13.3. The highest BCUT2D eigenvalue weighted by Gasteiger charge is 2.11. The summed E-state index contributed by atoms with van der Waals surface area (Å²) in [6, 6.07) is 12.0. The van der Waals surface area contributed by atoms with Gasteiger partial charge < -0.3 is 9.84 Å². The molecule has 0 amide bonds. The van der Waals surface area contributed by atoms with E-state index in [2.05, 4.69) is 15.9 Å². The lowest BCUT2D eigenvalue weighted by molar-refractivity contribution is 0.177. The summed E-state index contributed by atoms with van der Waals surface area (Å²) in [7, 11) is 0. The van der Waals surface area contributed by atoms with Gasteiger partial charge in [-0.2, -0.15) is 0 Å². The molecule has 0 spiro atoms. The predicted molar refractivity (Wildman–Crippen MR) is 80.4 cm³/mol. The number of aliphatic hydroxyl groups is 1. The Labute approximate surface area is 126 Å². The number of hydrogen-bond donors (Lipinski definition) is 1. The Kier molecular flexibility index (Phi) is 5.15. The average molecular weight is 339 g/mol. The molecule has 1 atom stereocenters. The number of halogens is 2. The minimum Gasteiger partial charge on any atom is -0.494 e. The fourth-order valence-electron chi connectivity index (χ4n) is 2.05. The molecule has 0 radical (unpaired) electrons. The zero-order chi connectivity index (χ0) is 14.5. The lowest BCUT2D eigenvalue weighted by atomic mass is 10.0. The Morgan fingerprint density at radius 2 is 2.05 bits per heavy atom. The molecular formula is C16H16BrFO2. The van der Waals surface area contributed by atoms with E-state index in [4.69, 9.17) is 4.74 Å². The molecule has 0 aliphatic rings. The zero-order valence-electron chi connectivity index (χ0n) is 11.1. The van der Waals surface area contributed by atoms with Crippen molar-refractivity contribution in [3.05, 3.63) is 63.9 Å². The van der Waals surface area contributed by atoms with Crippen molar-refractivity contribution in [2.24, 2.45) is 0 Å². The molecule has 0 saturated carbocycles. The van der Waals surface area contributed by atoms with Crippen molar-refractivity contribution in [2.75, 3.05) is 6.61 Å². The lowest BCUT2D eigenvalue weighted by Gasteiger charge is -2.13. The third kappa shape index (κ3) is 4.05. The molecule has 106 valence electrons. The van der Waals surface area contributed by atoms with E-state index in [0.717, 1.165) is 16.9 Å². The van der Waals surface area contributed by atoms with Gasteiger partial charge in [-0.3, -0.25) is 0 Å². The van der Waals surface area contributed by atoms with Crippen LogP contribution >= 0.6 is 15.9 Å². The van der Waals surface area contributed by atoms with E-state index in [1.54, 1.807) is 6.07 Å². The molecule has 1 N–H and O–H groups in total. The van der Waals surface area contributed by atoms with Gasteiger partial charge in [0.05, 0.1) is 12.7 Å². The average Bonchev–Trinajstić information content (AvgIpc) is 2.38. The van der Waals surface area contributed by atoms with Gasteiger partial charge >= 0.3 is 0 Å². The van der Waals surface area contributed by atoms with Gasteiger partial charge in [-0.25, -0.2) is 4.39 Å². The van der Waals surface area contributed by atoms with Gasteiger partial charge in [0.1, 0.15) is 11.6 Å². The summed E-state index contributed by atoms with van der Waals surface area (Å²) < 4.78 is 19.4. The van der Waals surface area contributed by atoms with Crippen molar-refractivity contribution in [3.8, 4) is 5.75 Å². The first-order valence-corrected chi connectivity index (χ1v) is 7.23. The normalized spacial score (nSPS) is 12.2. The Hall–Kier alpha value is -1.39. The molecule has 0 heterocycles. The fraction of sp³-hybridized carbons (Fsp3) is 0.250. The second-order valence-corrected chi connectivity index (χ2v) is 5.42. The number of rotatable bonds is 5. The van der Waals surface area contributed by atoms with Gasteiger partial charge in [0.15, 0.2) is 0 Å². The van der Waals surface area contributed by atoms with Crippen LogP contribution in [0.2, 0.25) is 0 Å². The van der Waals surface area contributed by atoms with Crippen LogP contribution in [0, 0.1) is 5.82 Å². The van der Waals surface area contributed by atoms with Crippen molar-refractivity contribution in [3.63, 3.8) is 0 Å². The molecular weight excluding hydrogens is 323 g/mol. The highest BCUT2D eigenvalue weighted by Crippen LogP contribution is 2.24. The Morgan fingerprint density at radius 1 is 1.25 bits per heavy atom. The van der Waals surface area contributed by atoms with Crippen LogP contribution in [0.1, 0.15) is 24.2 Å². The number of hydrogen-bond acceptors (Lipinski definition) is 2. The summed E-state index contributed by atoms with van der Waals surface area (Å²) in [5, 5.41) is 10.3. The summed E-state index contributed by atoms with van der Waals surface area (Å²) >= 11 is 3.25. The van der Waals surface area contributed by atoms with Crippen molar-refractivity contribution >= 4 is 15.9 Å². The zero-order valence-corrected chi connectivity index (χ0v) is 12.7. The van der Waals surface area contributed by atoms with Gasteiger partial charge in [0.2, 0.25) is 0 Å². The highest BCUT2D eigenvalue weighted by molar-refractivity contribution is 9.10. The smallest absolute Gasteiger partial charge is 0.124 e. The van der Waals surface area contributed by atoms with Crippen LogP contribution in [0.15, 0.2) is 46.9 Å². The number of benzene rings is 2. The van der Waals surface area contributed by atoms with E-state index in [0.29, 0.717) is 17.5 Å². The lowest BCUT2D eigenvalue weighted by Crippen LogP contribution is -2.03. The quantitative estimate of drug-likeness (QED) is 0.882. The van der Waals surface area contributed by atoms with Crippen LogP contribution in [0.3, 0.4) is 0 Å². The third-order valence-electron chi connectivity index (χ3n) is 2.91.